The second kappa shape index (κ2) is 8.60. The minimum absolute atomic E-state index is 0.242. The summed E-state index contributed by atoms with van der Waals surface area (Å²) in [4.78, 5) is 0. The maximum Gasteiger partial charge on any atom is 0.188 e. The van der Waals surface area contributed by atoms with Crippen molar-refractivity contribution in [2.75, 3.05) is 28.1 Å². The van der Waals surface area contributed by atoms with E-state index in [0.717, 1.165) is 32.8 Å². The Morgan fingerprint density at radius 2 is 1.65 bits per heavy atom. The number of methoxy groups -OCH3 is 3. The summed E-state index contributed by atoms with van der Waals surface area (Å²) >= 11 is 3.55. The fourth-order valence-corrected chi connectivity index (χ4v) is 2.49. The third kappa shape index (κ3) is 4.74. The molecule has 0 amide bonds. The molecule has 0 aliphatic heterocycles. The fourth-order valence-electron chi connectivity index (χ4n) is 1.97. The summed E-state index contributed by atoms with van der Waals surface area (Å²) < 4.78 is 21.8. The molecule has 0 heterocycles. The molecule has 23 heavy (non-hydrogen) atoms. The van der Waals surface area contributed by atoms with Crippen LogP contribution in [0.25, 0.3) is 12.2 Å². The molecule has 2 aromatic rings. The fraction of sp³-hybridized carbons (Fsp3) is 0.222. The van der Waals surface area contributed by atoms with Crippen LogP contribution < -0.4 is 14.2 Å². The molecular weight excluding hydrogens is 360 g/mol. The quantitative estimate of drug-likeness (QED) is 0.520. The van der Waals surface area contributed by atoms with Gasteiger partial charge in [-0.05, 0) is 45.3 Å². The van der Waals surface area contributed by atoms with Gasteiger partial charge in [0.1, 0.15) is 17.2 Å². The Bertz CT molecular complexity index is 665. The van der Waals surface area contributed by atoms with Crippen molar-refractivity contribution in [1.82, 2.24) is 0 Å². The van der Waals surface area contributed by atoms with Crippen LogP contribution in [0.15, 0.2) is 40.9 Å². The Morgan fingerprint density at radius 1 is 0.913 bits per heavy atom. The Kier molecular flexibility index (Phi) is 6.50. The van der Waals surface area contributed by atoms with E-state index in [9.17, 15) is 0 Å². The van der Waals surface area contributed by atoms with E-state index in [0.29, 0.717) is 0 Å². The molecular formula is C18H19BrO4. The van der Waals surface area contributed by atoms with Crippen LogP contribution in [0.3, 0.4) is 0 Å². The summed E-state index contributed by atoms with van der Waals surface area (Å²) in [6.07, 6.45) is 4.01. The van der Waals surface area contributed by atoms with Crippen LogP contribution >= 0.6 is 15.9 Å². The van der Waals surface area contributed by atoms with E-state index in [2.05, 4.69) is 15.9 Å². The molecule has 0 spiro atoms. The number of benzene rings is 2. The zero-order valence-corrected chi connectivity index (χ0v) is 14.9. The van der Waals surface area contributed by atoms with Crippen molar-refractivity contribution in [3.63, 3.8) is 0 Å². The van der Waals surface area contributed by atoms with Crippen LogP contribution in [0.2, 0.25) is 0 Å². The number of rotatable bonds is 7. The molecule has 0 N–H and O–H groups in total. The zero-order valence-electron chi connectivity index (χ0n) is 13.3. The highest BCUT2D eigenvalue weighted by molar-refractivity contribution is 9.10. The van der Waals surface area contributed by atoms with Gasteiger partial charge in [0.25, 0.3) is 0 Å². The summed E-state index contributed by atoms with van der Waals surface area (Å²) in [6, 6.07) is 11.5. The van der Waals surface area contributed by atoms with Crippen molar-refractivity contribution in [3.05, 3.63) is 52.0 Å². The Labute approximate surface area is 144 Å². The molecule has 0 bridgehead atoms. The lowest BCUT2D eigenvalue weighted by Gasteiger charge is -2.09. The van der Waals surface area contributed by atoms with Crippen LogP contribution in [0.5, 0.6) is 17.2 Å². The molecule has 2 aromatic carbocycles. The molecule has 0 aliphatic rings. The van der Waals surface area contributed by atoms with Gasteiger partial charge < -0.3 is 18.9 Å². The summed E-state index contributed by atoms with van der Waals surface area (Å²) in [5.41, 5.74) is 2.03. The SMILES string of the molecule is COCOc1ccc(/C=C/c2cc(OC)cc(OC)c2Br)cc1. The molecule has 122 valence electrons. The summed E-state index contributed by atoms with van der Waals surface area (Å²) in [5, 5.41) is 0. The van der Waals surface area contributed by atoms with E-state index < -0.39 is 0 Å². The normalized spacial score (nSPS) is 10.8. The maximum absolute atomic E-state index is 5.37. The number of halogens is 1. The van der Waals surface area contributed by atoms with Gasteiger partial charge in [0.15, 0.2) is 6.79 Å². The topological polar surface area (TPSA) is 36.9 Å². The lowest BCUT2D eigenvalue weighted by molar-refractivity contribution is 0.0511. The smallest absolute Gasteiger partial charge is 0.188 e. The Hall–Kier alpha value is -1.98. The number of ether oxygens (including phenoxy) is 4. The standard InChI is InChI=1S/C18H19BrO4/c1-20-12-23-15-8-5-13(6-9-15)4-7-14-10-16(21-2)11-17(22-3)18(14)19/h4-11H,12H2,1-3H3/b7-4+. The number of hydrogen-bond donors (Lipinski definition) is 0. The first kappa shape index (κ1) is 17.4. The van der Waals surface area contributed by atoms with Crippen molar-refractivity contribution < 1.29 is 18.9 Å². The highest BCUT2D eigenvalue weighted by Crippen LogP contribution is 2.34. The summed E-state index contributed by atoms with van der Waals surface area (Å²) in [6.45, 7) is 0.242. The first-order valence-electron chi connectivity index (χ1n) is 6.99. The average Bonchev–Trinajstić information content (AvgIpc) is 2.60. The first-order chi connectivity index (χ1) is 11.2. The van der Waals surface area contributed by atoms with Crippen molar-refractivity contribution in [2.24, 2.45) is 0 Å². The van der Waals surface area contributed by atoms with Crippen LogP contribution in [-0.2, 0) is 4.74 Å². The summed E-state index contributed by atoms with van der Waals surface area (Å²) in [7, 11) is 4.86. The van der Waals surface area contributed by atoms with Crippen LogP contribution in [0, 0.1) is 0 Å². The van der Waals surface area contributed by atoms with Crippen LogP contribution in [0.1, 0.15) is 11.1 Å². The molecule has 0 atom stereocenters. The zero-order chi connectivity index (χ0) is 16.7. The lowest BCUT2D eigenvalue weighted by Crippen LogP contribution is -1.98. The van der Waals surface area contributed by atoms with Gasteiger partial charge >= 0.3 is 0 Å². The van der Waals surface area contributed by atoms with Crippen molar-refractivity contribution in [1.29, 1.82) is 0 Å². The van der Waals surface area contributed by atoms with E-state index >= 15 is 0 Å². The second-order valence-electron chi connectivity index (χ2n) is 4.69. The van der Waals surface area contributed by atoms with Crippen LogP contribution in [0.4, 0.5) is 0 Å². The van der Waals surface area contributed by atoms with Gasteiger partial charge in [-0.3, -0.25) is 0 Å². The van der Waals surface area contributed by atoms with E-state index in [1.165, 1.54) is 0 Å². The summed E-state index contributed by atoms with van der Waals surface area (Å²) in [5.74, 6) is 2.24. The van der Waals surface area contributed by atoms with E-state index in [4.69, 9.17) is 18.9 Å². The molecule has 2 rings (SSSR count). The molecule has 0 unspecified atom stereocenters. The molecule has 0 saturated heterocycles. The molecule has 5 heteroatoms. The molecule has 0 radical (unpaired) electrons. The molecule has 4 nitrogen and oxygen atoms in total. The first-order valence-corrected chi connectivity index (χ1v) is 7.78. The van der Waals surface area contributed by atoms with Crippen molar-refractivity contribution >= 4 is 28.1 Å². The third-order valence-electron chi connectivity index (χ3n) is 3.18. The van der Waals surface area contributed by atoms with Gasteiger partial charge in [-0.15, -0.1) is 0 Å². The third-order valence-corrected chi connectivity index (χ3v) is 4.02. The highest BCUT2D eigenvalue weighted by Gasteiger charge is 2.07. The van der Waals surface area contributed by atoms with E-state index in [-0.39, 0.29) is 6.79 Å². The predicted octanol–water partition coefficient (Wildman–Crippen LogP) is 4.62. The monoisotopic (exact) mass is 378 g/mol. The molecule has 0 aromatic heterocycles. The van der Waals surface area contributed by atoms with Gasteiger partial charge in [0, 0.05) is 13.2 Å². The number of hydrogen-bond acceptors (Lipinski definition) is 4. The molecule has 0 aliphatic carbocycles. The molecule has 0 saturated carbocycles. The van der Waals surface area contributed by atoms with Crippen molar-refractivity contribution in [2.45, 2.75) is 0 Å². The highest BCUT2D eigenvalue weighted by atomic mass is 79.9. The van der Waals surface area contributed by atoms with Crippen molar-refractivity contribution in [3.8, 4) is 17.2 Å². The van der Waals surface area contributed by atoms with Crippen LogP contribution in [-0.4, -0.2) is 28.1 Å². The minimum atomic E-state index is 0.242. The minimum Gasteiger partial charge on any atom is -0.497 e. The van der Waals surface area contributed by atoms with Gasteiger partial charge in [-0.2, -0.15) is 0 Å². The Morgan fingerprint density at radius 3 is 2.26 bits per heavy atom. The van der Waals surface area contributed by atoms with Gasteiger partial charge in [0.05, 0.1) is 18.7 Å². The van der Waals surface area contributed by atoms with E-state index in [1.54, 1.807) is 21.3 Å². The van der Waals surface area contributed by atoms with E-state index in [1.807, 2.05) is 48.6 Å². The average molecular weight is 379 g/mol. The maximum atomic E-state index is 5.37. The lowest BCUT2D eigenvalue weighted by atomic mass is 10.1. The Balaban J connectivity index is 2.19. The largest absolute Gasteiger partial charge is 0.497 e. The predicted molar refractivity (Wildman–Crippen MR) is 95.1 cm³/mol. The second-order valence-corrected chi connectivity index (χ2v) is 5.48. The van der Waals surface area contributed by atoms with Gasteiger partial charge in [-0.1, -0.05) is 24.3 Å². The van der Waals surface area contributed by atoms with Gasteiger partial charge in [0.2, 0.25) is 0 Å². The van der Waals surface area contributed by atoms with Gasteiger partial charge in [-0.25, -0.2) is 0 Å². The molecule has 0 fully saturated rings.